The lowest BCUT2D eigenvalue weighted by molar-refractivity contribution is 0.0642. The summed E-state index contributed by atoms with van der Waals surface area (Å²) in [4.78, 5) is 38.9. The molecule has 1 aliphatic heterocycles. The van der Waals surface area contributed by atoms with Gasteiger partial charge >= 0.3 is 0 Å². The fraction of sp³-hybridized carbons (Fsp3) is 0.286. The highest BCUT2D eigenvalue weighted by atomic mass is 16.2. The third-order valence-electron chi connectivity index (χ3n) is 4.54. The molecule has 0 saturated carbocycles. The second-order valence-electron chi connectivity index (χ2n) is 6.61. The van der Waals surface area contributed by atoms with E-state index in [-0.39, 0.29) is 35.9 Å². The van der Waals surface area contributed by atoms with E-state index in [1.54, 1.807) is 12.1 Å². The molecular formula is C21H23N3O3. The van der Waals surface area contributed by atoms with Gasteiger partial charge in [0.15, 0.2) is 0 Å². The minimum atomic E-state index is -0.366. The molecule has 2 N–H and O–H groups in total. The summed E-state index contributed by atoms with van der Waals surface area (Å²) in [6.45, 7) is 5.51. The van der Waals surface area contributed by atoms with Crippen LogP contribution in [0.5, 0.6) is 0 Å². The number of carbonyl (C=O) groups excluding carboxylic acids is 3. The van der Waals surface area contributed by atoms with Crippen molar-refractivity contribution < 1.29 is 14.4 Å². The molecule has 1 atom stereocenters. The first kappa shape index (κ1) is 18.8. The third kappa shape index (κ3) is 4.06. The molecule has 140 valence electrons. The van der Waals surface area contributed by atoms with E-state index in [0.29, 0.717) is 17.7 Å². The van der Waals surface area contributed by atoms with Gasteiger partial charge in [-0.1, -0.05) is 37.3 Å². The average Bonchev–Trinajstić information content (AvgIpc) is 2.91. The summed E-state index contributed by atoms with van der Waals surface area (Å²) < 4.78 is 0. The summed E-state index contributed by atoms with van der Waals surface area (Å²) >= 11 is 0. The molecule has 0 saturated heterocycles. The van der Waals surface area contributed by atoms with Crippen molar-refractivity contribution in [2.45, 2.75) is 26.4 Å². The Bertz CT molecular complexity index is 864. The van der Waals surface area contributed by atoms with Gasteiger partial charge in [0.2, 0.25) is 0 Å². The van der Waals surface area contributed by atoms with Crippen molar-refractivity contribution in [1.82, 2.24) is 15.5 Å². The summed E-state index contributed by atoms with van der Waals surface area (Å²) in [5.41, 5.74) is 1.87. The number of rotatable bonds is 7. The zero-order chi connectivity index (χ0) is 19.4. The monoisotopic (exact) mass is 365 g/mol. The Labute approximate surface area is 158 Å². The first-order valence-electron chi connectivity index (χ1n) is 9.07. The molecule has 2 aromatic carbocycles. The number of hydrogen-bond donors (Lipinski definition) is 2. The molecule has 0 radical (unpaired) electrons. The zero-order valence-electron chi connectivity index (χ0n) is 15.5. The maximum absolute atomic E-state index is 12.7. The number of nitrogens with one attached hydrogen (secondary N) is 2. The van der Waals surface area contributed by atoms with Gasteiger partial charge in [0.1, 0.15) is 0 Å². The lowest BCUT2D eigenvalue weighted by Gasteiger charge is -2.13. The van der Waals surface area contributed by atoms with Crippen molar-refractivity contribution in [3.8, 4) is 0 Å². The number of amides is 3. The summed E-state index contributed by atoms with van der Waals surface area (Å²) in [5.74, 6) is -0.953. The second kappa shape index (κ2) is 8.14. The Morgan fingerprint density at radius 2 is 1.74 bits per heavy atom. The highest BCUT2D eigenvalue weighted by Gasteiger charge is 2.35. The quantitative estimate of drug-likeness (QED) is 0.738. The van der Waals surface area contributed by atoms with Crippen LogP contribution < -0.4 is 10.6 Å². The van der Waals surface area contributed by atoms with Crippen LogP contribution in [0.3, 0.4) is 0 Å². The number of benzene rings is 2. The molecule has 6 heteroatoms. The molecule has 0 unspecified atom stereocenters. The Hall–Kier alpha value is -2.99. The molecule has 6 nitrogen and oxygen atoms in total. The van der Waals surface area contributed by atoms with Crippen LogP contribution in [0.15, 0.2) is 48.5 Å². The van der Waals surface area contributed by atoms with Crippen LogP contribution in [0.25, 0.3) is 0 Å². The topological polar surface area (TPSA) is 78.5 Å². The van der Waals surface area contributed by atoms with Crippen LogP contribution >= 0.6 is 0 Å². The molecule has 27 heavy (non-hydrogen) atoms. The Balaban J connectivity index is 1.74. The molecule has 0 spiro atoms. The lowest BCUT2D eigenvalue weighted by Crippen LogP contribution is -2.38. The molecule has 0 aliphatic carbocycles. The second-order valence-corrected chi connectivity index (χ2v) is 6.61. The molecule has 3 rings (SSSR count). The van der Waals surface area contributed by atoms with Gasteiger partial charge in [0.25, 0.3) is 17.7 Å². The van der Waals surface area contributed by atoms with Crippen molar-refractivity contribution in [1.29, 1.82) is 0 Å². The van der Waals surface area contributed by atoms with Crippen molar-refractivity contribution in [3.05, 3.63) is 70.8 Å². The number of fused-ring (bicyclic) bond motifs is 1. The lowest BCUT2D eigenvalue weighted by atomic mass is 10.1. The summed E-state index contributed by atoms with van der Waals surface area (Å²) in [6, 6.07) is 14.2. The van der Waals surface area contributed by atoms with Gasteiger partial charge in [-0.15, -0.1) is 0 Å². The number of hydrogen-bond acceptors (Lipinski definition) is 4. The average molecular weight is 365 g/mol. The molecule has 2 aromatic rings. The highest BCUT2D eigenvalue weighted by molar-refractivity contribution is 6.22. The summed E-state index contributed by atoms with van der Waals surface area (Å²) in [6.07, 6.45) is 0. The van der Waals surface area contributed by atoms with Gasteiger partial charge in [0, 0.05) is 18.2 Å². The number of likely N-dealkylation sites (N-methyl/N-ethyl adjacent to an activating group) is 1. The van der Waals surface area contributed by atoms with Gasteiger partial charge in [-0.2, -0.15) is 0 Å². The largest absolute Gasteiger partial charge is 0.350 e. The Morgan fingerprint density at radius 3 is 2.44 bits per heavy atom. The van der Waals surface area contributed by atoms with Crippen molar-refractivity contribution in [2.24, 2.45) is 0 Å². The minimum Gasteiger partial charge on any atom is -0.350 e. The number of carbonyl (C=O) groups is 3. The van der Waals surface area contributed by atoms with Gasteiger partial charge in [0.05, 0.1) is 17.7 Å². The molecule has 0 fully saturated rings. The fourth-order valence-electron chi connectivity index (χ4n) is 3.11. The van der Waals surface area contributed by atoms with Gasteiger partial charge < -0.3 is 10.6 Å². The van der Waals surface area contributed by atoms with E-state index in [4.69, 9.17) is 0 Å². The summed E-state index contributed by atoms with van der Waals surface area (Å²) in [7, 11) is 0. The van der Waals surface area contributed by atoms with Crippen LogP contribution in [0, 0.1) is 0 Å². The number of imide groups is 1. The smallest absolute Gasteiger partial charge is 0.261 e. The maximum Gasteiger partial charge on any atom is 0.261 e. The van der Waals surface area contributed by atoms with Gasteiger partial charge in [-0.25, -0.2) is 0 Å². The van der Waals surface area contributed by atoms with Crippen LogP contribution in [0.4, 0.5) is 0 Å². The van der Waals surface area contributed by atoms with E-state index in [2.05, 4.69) is 10.6 Å². The van der Waals surface area contributed by atoms with Crippen LogP contribution in [-0.2, 0) is 6.54 Å². The van der Waals surface area contributed by atoms with E-state index >= 15 is 0 Å². The predicted octanol–water partition coefficient (Wildman–Crippen LogP) is 2.21. The van der Waals surface area contributed by atoms with Crippen molar-refractivity contribution in [2.75, 3.05) is 13.1 Å². The van der Waals surface area contributed by atoms with Crippen molar-refractivity contribution >= 4 is 17.7 Å². The Morgan fingerprint density at radius 1 is 1.04 bits per heavy atom. The van der Waals surface area contributed by atoms with Crippen LogP contribution in [-0.4, -0.2) is 41.8 Å². The predicted molar refractivity (Wildman–Crippen MR) is 103 cm³/mol. The minimum absolute atomic E-state index is 0.151. The van der Waals surface area contributed by atoms with E-state index < -0.39 is 0 Å². The number of nitrogens with zero attached hydrogens (tertiary/aromatic N) is 1. The van der Waals surface area contributed by atoms with Crippen LogP contribution in [0.2, 0.25) is 0 Å². The normalized spacial score (nSPS) is 14.2. The first-order valence-corrected chi connectivity index (χ1v) is 9.07. The van der Waals surface area contributed by atoms with Crippen LogP contribution in [0.1, 0.15) is 50.5 Å². The molecule has 3 amide bonds. The first-order chi connectivity index (χ1) is 13.0. The molecule has 0 bridgehead atoms. The molecule has 1 aliphatic rings. The molecule has 0 aromatic heterocycles. The van der Waals surface area contributed by atoms with Gasteiger partial charge in [-0.05, 0) is 37.2 Å². The van der Waals surface area contributed by atoms with E-state index in [0.717, 1.165) is 12.1 Å². The van der Waals surface area contributed by atoms with Gasteiger partial charge in [-0.3, -0.25) is 19.3 Å². The maximum atomic E-state index is 12.7. The molecule has 1 heterocycles. The van der Waals surface area contributed by atoms with E-state index in [1.165, 1.54) is 11.0 Å². The standard InChI is InChI=1S/C21H23N3O3/c1-3-22-14(2)12-23-19(25)16-9-10-17-18(11-16)21(27)24(20(17)26)13-15-7-5-4-6-8-15/h4-11,14,22H,3,12-13H2,1-2H3,(H,23,25)/t14-/m1/s1. The fourth-order valence-corrected chi connectivity index (χ4v) is 3.11. The van der Waals surface area contributed by atoms with Crippen molar-refractivity contribution in [3.63, 3.8) is 0 Å². The van der Waals surface area contributed by atoms with E-state index in [9.17, 15) is 14.4 Å². The van der Waals surface area contributed by atoms with E-state index in [1.807, 2.05) is 44.2 Å². The highest BCUT2D eigenvalue weighted by Crippen LogP contribution is 2.25. The molecular weight excluding hydrogens is 342 g/mol. The Kier molecular flexibility index (Phi) is 5.66. The SMILES string of the molecule is CCN[C@H](C)CNC(=O)c1ccc2c(c1)C(=O)N(Cc1ccccc1)C2=O. The third-order valence-corrected chi connectivity index (χ3v) is 4.54. The summed E-state index contributed by atoms with van der Waals surface area (Å²) in [5, 5.41) is 6.06. The zero-order valence-corrected chi connectivity index (χ0v) is 15.5.